The lowest BCUT2D eigenvalue weighted by Crippen LogP contribution is -2.40. The number of carboxylic acid groups (broad SMARTS) is 1. The van der Waals surface area contributed by atoms with Crippen molar-refractivity contribution in [1.82, 2.24) is 25.6 Å². The fraction of sp³-hybridized carbons (Fsp3) is 0.333. The van der Waals surface area contributed by atoms with Gasteiger partial charge in [0.05, 0.1) is 18.4 Å². The van der Waals surface area contributed by atoms with Crippen LogP contribution in [-0.4, -0.2) is 32.0 Å². The summed E-state index contributed by atoms with van der Waals surface area (Å²) in [5.74, 6) is -0.690. The van der Waals surface area contributed by atoms with Gasteiger partial charge in [0.25, 0.3) is 0 Å². The first-order chi connectivity index (χ1) is 9.95. The van der Waals surface area contributed by atoms with Gasteiger partial charge in [0.15, 0.2) is 11.8 Å². The number of rotatable bonds is 5. The predicted molar refractivity (Wildman–Crippen MR) is 70.2 cm³/mol. The first-order valence-corrected chi connectivity index (χ1v) is 6.13. The van der Waals surface area contributed by atoms with Crippen LogP contribution >= 0.6 is 0 Å². The average Bonchev–Trinajstić information content (AvgIpc) is 3.02. The maximum absolute atomic E-state index is 11.7. The third-order valence-corrected chi connectivity index (χ3v) is 2.68. The Balaban J connectivity index is 1.94. The molecule has 0 fully saturated rings. The molecule has 2 heterocycles. The monoisotopic (exact) mass is 293 g/mol. The standard InChI is InChI=1S/C12H15N5O4/c1-7-3-9(21-16-7)5-13-12(20)15-10(11(18)19)8-4-14-17(2)6-8/h3-4,6,10H,5H2,1-2H3,(H,18,19)(H2,13,15,20). The highest BCUT2D eigenvalue weighted by molar-refractivity contribution is 5.83. The van der Waals surface area contributed by atoms with Crippen molar-refractivity contribution in [3.63, 3.8) is 0 Å². The molecule has 112 valence electrons. The molecular weight excluding hydrogens is 278 g/mol. The largest absolute Gasteiger partial charge is 0.479 e. The molecular formula is C12H15N5O4. The van der Waals surface area contributed by atoms with Gasteiger partial charge in [0.2, 0.25) is 0 Å². The normalized spacial score (nSPS) is 11.9. The Morgan fingerprint density at radius 3 is 2.81 bits per heavy atom. The maximum atomic E-state index is 11.7. The number of hydrogen-bond acceptors (Lipinski definition) is 5. The molecule has 0 aromatic carbocycles. The van der Waals surface area contributed by atoms with Crippen molar-refractivity contribution in [3.8, 4) is 0 Å². The van der Waals surface area contributed by atoms with Gasteiger partial charge in [-0.05, 0) is 6.92 Å². The van der Waals surface area contributed by atoms with Gasteiger partial charge in [-0.1, -0.05) is 5.16 Å². The van der Waals surface area contributed by atoms with Crippen LogP contribution in [0, 0.1) is 6.92 Å². The molecule has 9 nitrogen and oxygen atoms in total. The lowest BCUT2D eigenvalue weighted by Gasteiger charge is -2.13. The number of hydrogen-bond donors (Lipinski definition) is 3. The number of aryl methyl sites for hydroxylation is 2. The van der Waals surface area contributed by atoms with E-state index >= 15 is 0 Å². The van der Waals surface area contributed by atoms with E-state index in [1.165, 1.54) is 17.1 Å². The Labute approximate surface area is 119 Å². The van der Waals surface area contributed by atoms with E-state index < -0.39 is 18.0 Å². The topological polar surface area (TPSA) is 122 Å². The molecule has 0 spiro atoms. The quantitative estimate of drug-likeness (QED) is 0.730. The molecule has 2 aromatic rings. The number of nitrogens with one attached hydrogen (secondary N) is 2. The number of aliphatic carboxylic acids is 1. The SMILES string of the molecule is Cc1cc(CNC(=O)NC(C(=O)O)c2cnn(C)c2)on1. The van der Waals surface area contributed by atoms with Gasteiger partial charge < -0.3 is 20.3 Å². The van der Waals surface area contributed by atoms with Crippen molar-refractivity contribution in [2.45, 2.75) is 19.5 Å². The molecule has 3 N–H and O–H groups in total. The average molecular weight is 293 g/mol. The molecule has 0 saturated carbocycles. The smallest absolute Gasteiger partial charge is 0.331 e. The summed E-state index contributed by atoms with van der Waals surface area (Å²) in [5.41, 5.74) is 1.08. The summed E-state index contributed by atoms with van der Waals surface area (Å²) < 4.78 is 6.39. The predicted octanol–water partition coefficient (Wildman–Crippen LogP) is 0.342. The summed E-state index contributed by atoms with van der Waals surface area (Å²) in [4.78, 5) is 23.0. The third kappa shape index (κ3) is 3.81. The van der Waals surface area contributed by atoms with Crippen molar-refractivity contribution >= 4 is 12.0 Å². The second-order valence-corrected chi connectivity index (χ2v) is 4.48. The number of urea groups is 1. The molecule has 2 rings (SSSR count). The number of aromatic nitrogens is 3. The molecule has 0 aliphatic carbocycles. The number of carbonyl (C=O) groups is 2. The van der Waals surface area contributed by atoms with Crippen LogP contribution in [-0.2, 0) is 18.4 Å². The molecule has 2 aromatic heterocycles. The van der Waals surface area contributed by atoms with Crippen LogP contribution in [0.25, 0.3) is 0 Å². The first-order valence-electron chi connectivity index (χ1n) is 6.13. The van der Waals surface area contributed by atoms with Crippen LogP contribution in [0.4, 0.5) is 4.79 Å². The Kier molecular flexibility index (Phi) is 4.21. The van der Waals surface area contributed by atoms with Crippen LogP contribution in [0.3, 0.4) is 0 Å². The minimum atomic E-state index is -1.17. The fourth-order valence-corrected chi connectivity index (χ4v) is 1.73. The van der Waals surface area contributed by atoms with E-state index in [1.807, 2.05) is 0 Å². The van der Waals surface area contributed by atoms with Crippen molar-refractivity contribution in [2.24, 2.45) is 7.05 Å². The number of nitrogens with zero attached hydrogens (tertiary/aromatic N) is 3. The van der Waals surface area contributed by atoms with Crippen molar-refractivity contribution < 1.29 is 19.2 Å². The molecule has 1 unspecified atom stereocenters. The second kappa shape index (κ2) is 6.07. The van der Waals surface area contributed by atoms with Gasteiger partial charge in [0.1, 0.15) is 0 Å². The van der Waals surface area contributed by atoms with Crippen LogP contribution in [0.15, 0.2) is 23.0 Å². The summed E-state index contributed by atoms with van der Waals surface area (Å²) in [7, 11) is 1.66. The Hall–Kier alpha value is -2.84. The lowest BCUT2D eigenvalue weighted by molar-refractivity contribution is -0.139. The zero-order chi connectivity index (χ0) is 15.4. The minimum absolute atomic E-state index is 0.117. The zero-order valence-electron chi connectivity index (χ0n) is 11.5. The summed E-state index contributed by atoms with van der Waals surface area (Å²) in [6, 6.07) is -0.119. The molecule has 1 atom stereocenters. The number of amides is 2. The fourth-order valence-electron chi connectivity index (χ4n) is 1.73. The van der Waals surface area contributed by atoms with Gasteiger partial charge in [0, 0.05) is 24.9 Å². The highest BCUT2D eigenvalue weighted by Crippen LogP contribution is 2.11. The van der Waals surface area contributed by atoms with Gasteiger partial charge in [-0.3, -0.25) is 4.68 Å². The van der Waals surface area contributed by atoms with Gasteiger partial charge in [-0.15, -0.1) is 0 Å². The summed E-state index contributed by atoms with van der Waals surface area (Å²) in [6.45, 7) is 1.88. The van der Waals surface area contributed by atoms with Crippen LogP contribution in [0.2, 0.25) is 0 Å². The first kappa shape index (κ1) is 14.6. The van der Waals surface area contributed by atoms with E-state index in [0.29, 0.717) is 17.0 Å². The highest BCUT2D eigenvalue weighted by Gasteiger charge is 2.23. The zero-order valence-corrected chi connectivity index (χ0v) is 11.5. The second-order valence-electron chi connectivity index (χ2n) is 4.48. The summed E-state index contributed by atoms with van der Waals surface area (Å²) in [5, 5.41) is 21.6. The molecule has 0 bridgehead atoms. The maximum Gasteiger partial charge on any atom is 0.331 e. The molecule has 9 heteroatoms. The Bertz CT molecular complexity index is 648. The molecule has 0 aliphatic rings. The summed E-state index contributed by atoms with van der Waals surface area (Å²) in [6.07, 6.45) is 2.91. The molecule has 0 aliphatic heterocycles. The summed E-state index contributed by atoms with van der Waals surface area (Å²) >= 11 is 0. The Morgan fingerprint density at radius 2 is 2.29 bits per heavy atom. The molecule has 2 amide bonds. The van der Waals surface area contributed by atoms with Crippen molar-refractivity contribution in [3.05, 3.63) is 35.5 Å². The number of carbonyl (C=O) groups excluding carboxylic acids is 1. The minimum Gasteiger partial charge on any atom is -0.479 e. The van der Waals surface area contributed by atoms with Gasteiger partial charge >= 0.3 is 12.0 Å². The van der Waals surface area contributed by atoms with Crippen LogP contribution in [0.1, 0.15) is 23.1 Å². The van der Waals surface area contributed by atoms with Crippen LogP contribution in [0.5, 0.6) is 0 Å². The van der Waals surface area contributed by atoms with Crippen molar-refractivity contribution in [1.29, 1.82) is 0 Å². The number of carboxylic acids is 1. The molecule has 21 heavy (non-hydrogen) atoms. The van der Waals surface area contributed by atoms with Gasteiger partial charge in [-0.25, -0.2) is 9.59 Å². The van der Waals surface area contributed by atoms with Gasteiger partial charge in [-0.2, -0.15) is 5.10 Å². The van der Waals surface area contributed by atoms with Crippen molar-refractivity contribution in [2.75, 3.05) is 0 Å². The van der Waals surface area contributed by atoms with E-state index in [2.05, 4.69) is 20.9 Å². The van der Waals surface area contributed by atoms with Crippen LogP contribution < -0.4 is 10.6 Å². The van der Waals surface area contributed by atoms with E-state index in [-0.39, 0.29) is 6.54 Å². The van der Waals surface area contributed by atoms with E-state index in [0.717, 1.165) is 0 Å². The Morgan fingerprint density at radius 1 is 1.52 bits per heavy atom. The lowest BCUT2D eigenvalue weighted by atomic mass is 10.1. The third-order valence-electron chi connectivity index (χ3n) is 2.68. The molecule has 0 radical (unpaired) electrons. The van der Waals surface area contributed by atoms with E-state index in [1.54, 1.807) is 20.0 Å². The molecule has 0 saturated heterocycles. The highest BCUT2D eigenvalue weighted by atomic mass is 16.5. The van der Waals surface area contributed by atoms with E-state index in [4.69, 9.17) is 9.63 Å². The van der Waals surface area contributed by atoms with E-state index in [9.17, 15) is 9.59 Å².